The van der Waals surface area contributed by atoms with Gasteiger partial charge in [0.1, 0.15) is 17.4 Å². The molecule has 2 aromatic rings. The number of fused-ring (bicyclic) bond motifs is 2. The van der Waals surface area contributed by atoms with E-state index < -0.39 is 0 Å². The number of benzene rings is 1. The van der Waals surface area contributed by atoms with Crippen LogP contribution >= 0.6 is 0 Å². The van der Waals surface area contributed by atoms with E-state index in [1.165, 1.54) is 6.92 Å². The van der Waals surface area contributed by atoms with Crippen LogP contribution in [0.25, 0.3) is 16.7 Å². The molecule has 1 unspecified atom stereocenters. The van der Waals surface area contributed by atoms with E-state index in [1.54, 1.807) is 6.20 Å². The van der Waals surface area contributed by atoms with E-state index >= 15 is 0 Å². The number of hydrogen-bond donors (Lipinski definition) is 3. The summed E-state index contributed by atoms with van der Waals surface area (Å²) in [5.41, 5.74) is 9.52. The molecule has 3 aliphatic heterocycles. The molecular weight excluding hydrogens is 396 g/mol. The summed E-state index contributed by atoms with van der Waals surface area (Å²) in [5.74, 6) is -0.0403. The van der Waals surface area contributed by atoms with Crippen LogP contribution in [0.1, 0.15) is 25.3 Å². The highest BCUT2D eigenvalue weighted by Gasteiger charge is 2.33. The van der Waals surface area contributed by atoms with Crippen molar-refractivity contribution in [2.45, 2.75) is 32.0 Å². The van der Waals surface area contributed by atoms with E-state index in [-0.39, 0.29) is 30.0 Å². The van der Waals surface area contributed by atoms with Crippen LogP contribution in [-0.4, -0.2) is 51.9 Å². The van der Waals surface area contributed by atoms with Gasteiger partial charge in [0.25, 0.3) is 11.9 Å². The molecule has 0 radical (unpaired) electrons. The number of rotatable bonds is 3. The average molecular weight is 420 g/mol. The minimum absolute atomic E-state index is 0.0121. The monoisotopic (exact) mass is 420 g/mol. The molecule has 9 nitrogen and oxygen atoms in total. The molecule has 1 saturated heterocycles. The van der Waals surface area contributed by atoms with Gasteiger partial charge in [-0.25, -0.2) is 0 Å². The van der Waals surface area contributed by atoms with E-state index in [0.29, 0.717) is 29.9 Å². The Morgan fingerprint density at radius 3 is 2.87 bits per heavy atom. The number of hydrogen-bond acceptors (Lipinski definition) is 7. The molecular formula is C22H24N6O3. The quantitative estimate of drug-likeness (QED) is 0.689. The minimum Gasteiger partial charge on any atom is -0.424 e. The van der Waals surface area contributed by atoms with Crippen LogP contribution in [0.2, 0.25) is 0 Å². The zero-order chi connectivity index (χ0) is 21.5. The predicted molar refractivity (Wildman–Crippen MR) is 116 cm³/mol. The Hall–Kier alpha value is -3.75. The number of nitrogen functional groups attached to an aromatic ring is 1. The number of aromatic nitrogens is 1. The van der Waals surface area contributed by atoms with Gasteiger partial charge in [-0.3, -0.25) is 9.59 Å². The van der Waals surface area contributed by atoms with Crippen molar-refractivity contribution in [2.24, 2.45) is 0 Å². The third-order valence-corrected chi connectivity index (χ3v) is 5.85. The molecule has 0 spiro atoms. The van der Waals surface area contributed by atoms with E-state index in [2.05, 4.69) is 15.6 Å². The fraction of sp³-hybridized carbons (Fsp3) is 0.318. The molecule has 4 heterocycles. The highest BCUT2D eigenvalue weighted by molar-refractivity contribution is 5.94. The van der Waals surface area contributed by atoms with Crippen LogP contribution in [0.5, 0.6) is 0 Å². The molecule has 2 amide bonds. The number of likely N-dealkylation sites (tertiary alicyclic amines) is 1. The van der Waals surface area contributed by atoms with Gasteiger partial charge in [0.2, 0.25) is 5.91 Å². The maximum absolute atomic E-state index is 13.2. The Labute approximate surface area is 179 Å². The number of carbonyl (C=O) groups is 2. The summed E-state index contributed by atoms with van der Waals surface area (Å²) in [6.45, 7) is 2.77. The van der Waals surface area contributed by atoms with Crippen LogP contribution in [0.15, 0.2) is 52.9 Å². The fourth-order valence-corrected chi connectivity index (χ4v) is 4.30. The van der Waals surface area contributed by atoms with E-state index in [0.717, 1.165) is 24.0 Å². The first-order valence-electron chi connectivity index (χ1n) is 10.4. The minimum atomic E-state index is -0.0916. The maximum Gasteiger partial charge on any atom is 0.292 e. The summed E-state index contributed by atoms with van der Waals surface area (Å²) in [5, 5.41) is 6.19. The second-order valence-corrected chi connectivity index (χ2v) is 7.99. The molecule has 0 aliphatic carbocycles. The van der Waals surface area contributed by atoms with Gasteiger partial charge in [-0.15, -0.1) is 0 Å². The second kappa shape index (κ2) is 7.50. The van der Waals surface area contributed by atoms with Gasteiger partial charge >= 0.3 is 0 Å². The summed E-state index contributed by atoms with van der Waals surface area (Å²) < 4.78 is 5.35. The van der Waals surface area contributed by atoms with Crippen molar-refractivity contribution in [1.29, 1.82) is 0 Å². The van der Waals surface area contributed by atoms with Crippen molar-refractivity contribution in [3.05, 3.63) is 54.0 Å². The van der Waals surface area contributed by atoms with Crippen molar-refractivity contribution >= 4 is 34.5 Å². The van der Waals surface area contributed by atoms with Gasteiger partial charge in [0.15, 0.2) is 5.58 Å². The van der Waals surface area contributed by atoms with E-state index in [1.807, 2.05) is 46.4 Å². The molecule has 9 heteroatoms. The predicted octanol–water partition coefficient (Wildman–Crippen LogP) is 1.52. The Kier molecular flexibility index (Phi) is 4.65. The van der Waals surface area contributed by atoms with Gasteiger partial charge < -0.3 is 30.6 Å². The molecule has 0 bridgehead atoms. The van der Waals surface area contributed by atoms with Crippen LogP contribution in [-0.2, 0) is 9.59 Å². The third-order valence-electron chi connectivity index (χ3n) is 5.85. The lowest BCUT2D eigenvalue weighted by Gasteiger charge is -2.34. The molecule has 31 heavy (non-hydrogen) atoms. The molecule has 1 aromatic carbocycles. The number of carbonyl (C=O) groups excluding carboxylic acids is 2. The molecule has 1 aromatic heterocycles. The zero-order valence-corrected chi connectivity index (χ0v) is 17.2. The number of oxazole rings is 1. The maximum atomic E-state index is 13.2. The normalized spacial score (nSPS) is 20.9. The molecule has 3 aliphatic rings. The van der Waals surface area contributed by atoms with Crippen LogP contribution in [0.3, 0.4) is 0 Å². The fourth-order valence-electron chi connectivity index (χ4n) is 4.30. The largest absolute Gasteiger partial charge is 0.424 e. The van der Waals surface area contributed by atoms with Crippen LogP contribution in [0.4, 0.5) is 6.01 Å². The summed E-state index contributed by atoms with van der Waals surface area (Å²) in [6, 6.07) is 5.99. The van der Waals surface area contributed by atoms with E-state index in [9.17, 15) is 9.59 Å². The Morgan fingerprint density at radius 2 is 2.10 bits per heavy atom. The van der Waals surface area contributed by atoms with Crippen molar-refractivity contribution in [3.63, 3.8) is 0 Å². The number of nitrogens with one attached hydrogen (secondary N) is 2. The number of nitrogens with two attached hydrogens (primary N) is 1. The molecule has 160 valence electrons. The lowest BCUT2D eigenvalue weighted by Crippen LogP contribution is -2.47. The number of allylic oxidation sites excluding steroid dienone is 2. The number of piperidine rings is 1. The smallest absolute Gasteiger partial charge is 0.292 e. The van der Waals surface area contributed by atoms with Crippen molar-refractivity contribution in [1.82, 2.24) is 25.4 Å². The standard InChI is InChI=1S/C22H24N6O3/c1-13(29)25-16-6-8-27(9-7-16)21(30)18-11-24-20-5-3-15(12-28(18)20)14-2-4-19-17(10-14)26-22(23)31-19/h2-5,10-12,16,20,24H,6-9H2,1H3,(H2,23,26)(H,25,29). The highest BCUT2D eigenvalue weighted by Crippen LogP contribution is 2.30. The van der Waals surface area contributed by atoms with Crippen molar-refractivity contribution in [3.8, 4) is 0 Å². The second-order valence-electron chi connectivity index (χ2n) is 7.99. The summed E-state index contributed by atoms with van der Waals surface area (Å²) >= 11 is 0. The Balaban J connectivity index is 1.33. The molecule has 5 rings (SSSR count). The zero-order valence-electron chi connectivity index (χ0n) is 17.2. The Bertz CT molecular complexity index is 1140. The van der Waals surface area contributed by atoms with Crippen molar-refractivity contribution in [2.75, 3.05) is 18.8 Å². The number of nitrogens with zero attached hydrogens (tertiary/aromatic N) is 3. The summed E-state index contributed by atoms with van der Waals surface area (Å²) in [6.07, 6.45) is 9.23. The van der Waals surface area contributed by atoms with Gasteiger partial charge in [-0.05, 0) is 42.2 Å². The topological polar surface area (TPSA) is 117 Å². The molecule has 1 fully saturated rings. The van der Waals surface area contributed by atoms with Gasteiger partial charge in [-0.2, -0.15) is 4.98 Å². The first-order chi connectivity index (χ1) is 15.0. The molecule has 1 atom stereocenters. The molecule has 0 saturated carbocycles. The number of amides is 2. The van der Waals surface area contributed by atoms with Gasteiger partial charge in [0, 0.05) is 38.5 Å². The van der Waals surface area contributed by atoms with E-state index in [4.69, 9.17) is 10.2 Å². The first-order valence-corrected chi connectivity index (χ1v) is 10.4. The van der Waals surface area contributed by atoms with Crippen LogP contribution in [0, 0.1) is 0 Å². The first kappa shape index (κ1) is 19.2. The molecule has 4 N–H and O–H groups in total. The van der Waals surface area contributed by atoms with Crippen molar-refractivity contribution < 1.29 is 14.0 Å². The Morgan fingerprint density at radius 1 is 1.29 bits per heavy atom. The number of anilines is 1. The summed E-state index contributed by atoms with van der Waals surface area (Å²) in [7, 11) is 0. The highest BCUT2D eigenvalue weighted by atomic mass is 16.4. The average Bonchev–Trinajstić information content (AvgIpc) is 3.34. The third kappa shape index (κ3) is 3.63. The lowest BCUT2D eigenvalue weighted by atomic mass is 10.0. The van der Waals surface area contributed by atoms with Gasteiger partial charge in [0.05, 0.1) is 0 Å². The van der Waals surface area contributed by atoms with Gasteiger partial charge in [-0.1, -0.05) is 12.1 Å². The summed E-state index contributed by atoms with van der Waals surface area (Å²) in [4.78, 5) is 32.5. The SMILES string of the molecule is CC(=O)NC1CCN(C(=O)C2=CNC3C=CC(c4ccc5oc(N)nc5c4)=CN23)CC1. The van der Waals surface area contributed by atoms with Crippen LogP contribution < -0.4 is 16.4 Å². The lowest BCUT2D eigenvalue weighted by molar-refractivity contribution is -0.129.